The highest BCUT2D eigenvalue weighted by molar-refractivity contribution is 6.31. The van der Waals surface area contributed by atoms with Crippen LogP contribution < -0.4 is 29.6 Å². The predicted octanol–water partition coefficient (Wildman–Crippen LogP) is 4.12. The minimum Gasteiger partial charge on any atom is -0.495 e. The average Bonchev–Trinajstić information content (AvgIpc) is 2.69. The highest BCUT2D eigenvalue weighted by atomic mass is 35.5. The highest BCUT2D eigenvalue weighted by Crippen LogP contribution is 2.40. The number of rotatable bonds is 8. The van der Waals surface area contributed by atoms with Gasteiger partial charge < -0.3 is 29.6 Å². The Morgan fingerprint density at radius 2 is 1.50 bits per heavy atom. The summed E-state index contributed by atoms with van der Waals surface area (Å²) >= 11 is 6.11. The second-order valence-electron chi connectivity index (χ2n) is 6.07. The van der Waals surface area contributed by atoms with Crippen molar-refractivity contribution in [1.29, 1.82) is 0 Å². The summed E-state index contributed by atoms with van der Waals surface area (Å²) in [5.74, 6) is 1.71. The van der Waals surface area contributed by atoms with Gasteiger partial charge in [0.05, 0.1) is 34.1 Å². The van der Waals surface area contributed by atoms with Gasteiger partial charge in [-0.2, -0.15) is 0 Å². The number of anilines is 2. The van der Waals surface area contributed by atoms with E-state index in [-0.39, 0.29) is 5.91 Å². The molecule has 0 aromatic heterocycles. The molecule has 0 heterocycles. The third-order valence-electron chi connectivity index (χ3n) is 4.18. The lowest BCUT2D eigenvalue weighted by molar-refractivity contribution is -0.116. The SMILES string of the molecule is COc1cc(Cl)c(C)cc1NC(=O)C(C)Nc1cc(OC)c(OC)c(OC)c1. The Morgan fingerprint density at radius 1 is 0.929 bits per heavy atom. The quantitative estimate of drug-likeness (QED) is 0.684. The molecule has 2 N–H and O–H groups in total. The van der Waals surface area contributed by atoms with Crippen LogP contribution >= 0.6 is 11.6 Å². The molecule has 7 nitrogen and oxygen atoms in total. The van der Waals surface area contributed by atoms with Crippen molar-refractivity contribution < 1.29 is 23.7 Å². The normalized spacial score (nSPS) is 11.4. The van der Waals surface area contributed by atoms with Crippen LogP contribution in [0, 0.1) is 6.92 Å². The van der Waals surface area contributed by atoms with Gasteiger partial charge in [-0.3, -0.25) is 4.79 Å². The van der Waals surface area contributed by atoms with Crippen molar-refractivity contribution in [2.45, 2.75) is 19.9 Å². The molecule has 0 bridgehead atoms. The van der Waals surface area contributed by atoms with Crippen LogP contribution in [0.25, 0.3) is 0 Å². The predicted molar refractivity (Wildman–Crippen MR) is 111 cm³/mol. The summed E-state index contributed by atoms with van der Waals surface area (Å²) in [5.41, 5.74) is 2.03. The van der Waals surface area contributed by atoms with Crippen LogP contribution in [0.5, 0.6) is 23.0 Å². The van der Waals surface area contributed by atoms with Gasteiger partial charge >= 0.3 is 0 Å². The van der Waals surface area contributed by atoms with E-state index in [1.165, 1.54) is 28.4 Å². The van der Waals surface area contributed by atoms with Crippen molar-refractivity contribution in [3.8, 4) is 23.0 Å². The maximum atomic E-state index is 12.7. The molecule has 1 amide bonds. The van der Waals surface area contributed by atoms with Gasteiger partial charge in [0.2, 0.25) is 11.7 Å². The number of carbonyl (C=O) groups excluding carboxylic acids is 1. The van der Waals surface area contributed by atoms with E-state index in [1.54, 1.807) is 31.2 Å². The first-order valence-corrected chi connectivity index (χ1v) is 8.93. The number of methoxy groups -OCH3 is 4. The monoisotopic (exact) mass is 408 g/mol. The van der Waals surface area contributed by atoms with Gasteiger partial charge in [0.15, 0.2) is 11.5 Å². The van der Waals surface area contributed by atoms with E-state index in [0.29, 0.717) is 39.4 Å². The Morgan fingerprint density at radius 3 is 2.00 bits per heavy atom. The number of amides is 1. The van der Waals surface area contributed by atoms with E-state index in [4.69, 9.17) is 30.5 Å². The lowest BCUT2D eigenvalue weighted by Gasteiger charge is -2.19. The van der Waals surface area contributed by atoms with Crippen molar-refractivity contribution in [1.82, 2.24) is 0 Å². The third kappa shape index (κ3) is 4.72. The van der Waals surface area contributed by atoms with Crippen LogP contribution in [0.1, 0.15) is 12.5 Å². The van der Waals surface area contributed by atoms with Crippen molar-refractivity contribution in [3.05, 3.63) is 34.9 Å². The Balaban J connectivity index is 2.20. The molecule has 2 rings (SSSR count). The minimum absolute atomic E-state index is 0.242. The summed E-state index contributed by atoms with van der Waals surface area (Å²) < 4.78 is 21.3. The number of hydrogen-bond donors (Lipinski definition) is 2. The van der Waals surface area contributed by atoms with E-state index >= 15 is 0 Å². The first-order chi connectivity index (χ1) is 13.3. The van der Waals surface area contributed by atoms with Crippen molar-refractivity contribution in [2.24, 2.45) is 0 Å². The molecule has 0 aliphatic rings. The van der Waals surface area contributed by atoms with E-state index in [9.17, 15) is 4.79 Å². The first-order valence-electron chi connectivity index (χ1n) is 8.56. The Kier molecular flexibility index (Phi) is 7.23. The fraction of sp³-hybridized carbons (Fsp3) is 0.350. The maximum Gasteiger partial charge on any atom is 0.246 e. The van der Waals surface area contributed by atoms with Gasteiger partial charge in [0.25, 0.3) is 0 Å². The maximum absolute atomic E-state index is 12.7. The van der Waals surface area contributed by atoms with E-state index in [1.807, 2.05) is 6.92 Å². The minimum atomic E-state index is -0.552. The van der Waals surface area contributed by atoms with Gasteiger partial charge in [0.1, 0.15) is 11.8 Å². The fourth-order valence-corrected chi connectivity index (χ4v) is 2.80. The number of benzene rings is 2. The van der Waals surface area contributed by atoms with Crippen molar-refractivity contribution in [2.75, 3.05) is 39.1 Å². The summed E-state index contributed by atoms with van der Waals surface area (Å²) in [6.07, 6.45) is 0. The van der Waals surface area contributed by atoms with Crippen molar-refractivity contribution in [3.63, 3.8) is 0 Å². The zero-order valence-electron chi connectivity index (χ0n) is 16.8. The van der Waals surface area contributed by atoms with Gasteiger partial charge in [0, 0.05) is 28.9 Å². The van der Waals surface area contributed by atoms with E-state index in [2.05, 4.69) is 10.6 Å². The van der Waals surface area contributed by atoms with Gasteiger partial charge in [-0.05, 0) is 25.5 Å². The molecule has 28 heavy (non-hydrogen) atoms. The Labute approximate surface area is 169 Å². The number of nitrogens with one attached hydrogen (secondary N) is 2. The molecule has 0 saturated carbocycles. The lowest BCUT2D eigenvalue weighted by Crippen LogP contribution is -2.32. The molecule has 0 fully saturated rings. The van der Waals surface area contributed by atoms with Crippen LogP contribution in [0.15, 0.2) is 24.3 Å². The zero-order valence-corrected chi connectivity index (χ0v) is 17.6. The van der Waals surface area contributed by atoms with Crippen molar-refractivity contribution >= 4 is 28.9 Å². The van der Waals surface area contributed by atoms with E-state index < -0.39 is 6.04 Å². The summed E-state index contributed by atoms with van der Waals surface area (Å²) in [6, 6.07) is 6.36. The van der Waals surface area contributed by atoms with Crippen LogP contribution in [-0.4, -0.2) is 40.4 Å². The molecule has 152 valence electrons. The van der Waals surface area contributed by atoms with E-state index in [0.717, 1.165) is 5.56 Å². The van der Waals surface area contributed by atoms with Gasteiger partial charge in [-0.15, -0.1) is 0 Å². The number of ether oxygens (including phenoxy) is 4. The largest absolute Gasteiger partial charge is 0.495 e. The molecule has 8 heteroatoms. The fourth-order valence-electron chi connectivity index (χ4n) is 2.65. The number of aryl methyl sites for hydroxylation is 1. The lowest BCUT2D eigenvalue weighted by atomic mass is 10.2. The zero-order chi connectivity index (χ0) is 20.8. The topological polar surface area (TPSA) is 78.1 Å². The molecule has 1 unspecified atom stereocenters. The second kappa shape index (κ2) is 9.41. The van der Waals surface area contributed by atoms with Crippen LogP contribution in [0.3, 0.4) is 0 Å². The van der Waals surface area contributed by atoms with Gasteiger partial charge in [-0.25, -0.2) is 0 Å². The molecular weight excluding hydrogens is 384 g/mol. The van der Waals surface area contributed by atoms with Crippen LogP contribution in [0.4, 0.5) is 11.4 Å². The molecule has 2 aromatic carbocycles. The highest BCUT2D eigenvalue weighted by Gasteiger charge is 2.19. The molecule has 0 aliphatic heterocycles. The summed E-state index contributed by atoms with van der Waals surface area (Å²) in [5, 5.41) is 6.56. The molecule has 0 spiro atoms. The molecule has 0 saturated heterocycles. The average molecular weight is 409 g/mol. The van der Waals surface area contributed by atoms with Crippen LogP contribution in [-0.2, 0) is 4.79 Å². The molecule has 0 aliphatic carbocycles. The second-order valence-corrected chi connectivity index (χ2v) is 6.48. The summed E-state index contributed by atoms with van der Waals surface area (Å²) in [4.78, 5) is 12.7. The Hall–Kier alpha value is -2.80. The smallest absolute Gasteiger partial charge is 0.246 e. The number of halogens is 1. The number of carbonyl (C=O) groups is 1. The van der Waals surface area contributed by atoms with Crippen LogP contribution in [0.2, 0.25) is 5.02 Å². The first kappa shape index (κ1) is 21.5. The summed E-state index contributed by atoms with van der Waals surface area (Å²) in [7, 11) is 6.12. The molecule has 2 aromatic rings. The summed E-state index contributed by atoms with van der Waals surface area (Å²) in [6.45, 7) is 3.60. The third-order valence-corrected chi connectivity index (χ3v) is 4.59. The molecular formula is C20H25ClN2O5. The standard InChI is InChI=1S/C20H25ClN2O5/c1-11-7-15(16(25-3)10-14(11)21)23-20(24)12(2)22-13-8-17(26-4)19(28-6)18(9-13)27-5/h7-10,12,22H,1-6H3,(H,23,24). The molecule has 0 radical (unpaired) electrons. The Bertz CT molecular complexity index is 832. The van der Waals surface area contributed by atoms with Gasteiger partial charge in [-0.1, -0.05) is 11.6 Å². The number of hydrogen-bond acceptors (Lipinski definition) is 6. The molecule has 1 atom stereocenters.